The van der Waals surface area contributed by atoms with Gasteiger partial charge in [-0.05, 0) is 37.5 Å². The van der Waals surface area contributed by atoms with Crippen LogP contribution >= 0.6 is 0 Å². The van der Waals surface area contributed by atoms with Crippen molar-refractivity contribution in [3.05, 3.63) is 46.9 Å². The number of benzene rings is 1. The number of carbonyl (C=O) groups excluding carboxylic acids is 2. The summed E-state index contributed by atoms with van der Waals surface area (Å²) in [5.74, 6) is 2.64. The summed E-state index contributed by atoms with van der Waals surface area (Å²) in [6, 6.07) is 7.27. The number of fused-ring (bicyclic) bond motifs is 1. The minimum atomic E-state index is 0.0247. The average molecular weight is 424 g/mol. The Morgan fingerprint density at radius 1 is 1.13 bits per heavy atom. The topological polar surface area (TPSA) is 87.7 Å². The van der Waals surface area contributed by atoms with Crippen LogP contribution in [0.3, 0.4) is 0 Å². The molecule has 0 saturated carbocycles. The van der Waals surface area contributed by atoms with Gasteiger partial charge in [-0.2, -0.15) is 0 Å². The molecule has 1 saturated heterocycles. The predicted octanol–water partition coefficient (Wildman–Crippen LogP) is 2.45. The number of aromatic nitrogens is 2. The highest BCUT2D eigenvalue weighted by molar-refractivity contribution is 5.94. The van der Waals surface area contributed by atoms with Crippen LogP contribution < -0.4 is 10.1 Å². The zero-order valence-electron chi connectivity index (χ0n) is 18.4. The van der Waals surface area contributed by atoms with Gasteiger partial charge in [-0.25, -0.2) is 9.97 Å². The van der Waals surface area contributed by atoms with Crippen molar-refractivity contribution in [1.82, 2.24) is 19.8 Å². The number of piperidine rings is 1. The van der Waals surface area contributed by atoms with E-state index in [9.17, 15) is 9.59 Å². The van der Waals surface area contributed by atoms with Crippen LogP contribution in [0.5, 0.6) is 5.75 Å². The van der Waals surface area contributed by atoms with E-state index in [4.69, 9.17) is 14.7 Å². The van der Waals surface area contributed by atoms with Gasteiger partial charge in [-0.3, -0.25) is 9.59 Å². The molecule has 2 aliphatic heterocycles. The normalized spacial score (nSPS) is 16.6. The summed E-state index contributed by atoms with van der Waals surface area (Å²) in [4.78, 5) is 38.1. The quantitative estimate of drug-likeness (QED) is 0.813. The highest BCUT2D eigenvalue weighted by Crippen LogP contribution is 2.31. The number of nitrogens with zero attached hydrogens (tertiary/aromatic N) is 4. The molecule has 1 aromatic heterocycles. The Bertz CT molecular complexity index is 985. The molecular weight excluding hydrogens is 394 g/mol. The van der Waals surface area contributed by atoms with Gasteiger partial charge in [0.1, 0.15) is 17.4 Å². The number of methoxy groups -OCH3 is 1. The molecule has 2 aromatic rings. The van der Waals surface area contributed by atoms with E-state index in [1.165, 1.54) is 0 Å². The molecule has 8 heteroatoms. The first-order valence-corrected chi connectivity index (χ1v) is 10.8. The zero-order chi connectivity index (χ0) is 22.0. The number of anilines is 1. The Kier molecular flexibility index (Phi) is 6.06. The van der Waals surface area contributed by atoms with Gasteiger partial charge in [0.15, 0.2) is 0 Å². The van der Waals surface area contributed by atoms with Gasteiger partial charge in [-0.15, -0.1) is 0 Å². The van der Waals surface area contributed by atoms with Gasteiger partial charge in [0.25, 0.3) is 5.91 Å². The molecule has 3 heterocycles. The molecule has 164 valence electrons. The van der Waals surface area contributed by atoms with Crippen molar-refractivity contribution < 1.29 is 14.3 Å². The Morgan fingerprint density at radius 3 is 2.58 bits per heavy atom. The summed E-state index contributed by atoms with van der Waals surface area (Å²) in [5.41, 5.74) is 2.68. The Balaban J connectivity index is 1.48. The number of nitrogens with one attached hydrogen (secondary N) is 1. The molecule has 8 nitrogen and oxygen atoms in total. The average Bonchev–Trinajstić information content (AvgIpc) is 2.82. The third-order valence-corrected chi connectivity index (χ3v) is 6.23. The number of likely N-dealkylation sites (tertiary alicyclic amines) is 1. The molecular formula is C23H29N5O3. The first-order chi connectivity index (χ1) is 15.0. The molecule has 31 heavy (non-hydrogen) atoms. The van der Waals surface area contributed by atoms with E-state index in [0.717, 1.165) is 42.2 Å². The Labute approximate surface area is 182 Å². The molecule has 1 fully saturated rings. The fourth-order valence-corrected chi connectivity index (χ4v) is 4.39. The van der Waals surface area contributed by atoms with Crippen LogP contribution in [0.15, 0.2) is 24.3 Å². The van der Waals surface area contributed by atoms with Gasteiger partial charge in [0.05, 0.1) is 19.3 Å². The third-order valence-electron chi connectivity index (χ3n) is 6.23. The SMILES string of the molecule is CNc1nc(C2CCN(C(=O)c3cccc(OC)c3)CC2)nc2c1CCN(C(C)=O)C2. The monoisotopic (exact) mass is 423 g/mol. The van der Waals surface area contributed by atoms with E-state index in [0.29, 0.717) is 37.5 Å². The van der Waals surface area contributed by atoms with Gasteiger partial charge in [-0.1, -0.05) is 6.07 Å². The fourth-order valence-electron chi connectivity index (χ4n) is 4.39. The molecule has 2 amide bonds. The van der Waals surface area contributed by atoms with Crippen LogP contribution in [0.25, 0.3) is 0 Å². The van der Waals surface area contributed by atoms with Crippen LogP contribution in [0.1, 0.15) is 53.1 Å². The van der Waals surface area contributed by atoms with Gasteiger partial charge in [0, 0.05) is 50.7 Å². The predicted molar refractivity (Wildman–Crippen MR) is 117 cm³/mol. The van der Waals surface area contributed by atoms with Crippen LogP contribution in [0.2, 0.25) is 0 Å². The van der Waals surface area contributed by atoms with Gasteiger partial charge < -0.3 is 19.9 Å². The second-order valence-electron chi connectivity index (χ2n) is 8.09. The lowest BCUT2D eigenvalue weighted by Gasteiger charge is -2.33. The molecule has 0 unspecified atom stereocenters. The maximum absolute atomic E-state index is 12.9. The molecule has 0 aliphatic carbocycles. The molecule has 0 spiro atoms. The maximum atomic E-state index is 12.9. The molecule has 0 bridgehead atoms. The zero-order valence-corrected chi connectivity index (χ0v) is 18.4. The summed E-state index contributed by atoms with van der Waals surface area (Å²) >= 11 is 0. The first kappa shape index (κ1) is 21.1. The lowest BCUT2D eigenvalue weighted by Crippen LogP contribution is -2.39. The van der Waals surface area contributed by atoms with E-state index in [2.05, 4.69) is 5.32 Å². The molecule has 0 radical (unpaired) electrons. The molecule has 0 atom stereocenters. The second-order valence-corrected chi connectivity index (χ2v) is 8.09. The summed E-state index contributed by atoms with van der Waals surface area (Å²) in [5, 5.41) is 3.21. The lowest BCUT2D eigenvalue weighted by atomic mass is 9.94. The van der Waals surface area contributed by atoms with Crippen molar-refractivity contribution >= 4 is 17.6 Å². The Morgan fingerprint density at radius 2 is 1.90 bits per heavy atom. The van der Waals surface area contributed by atoms with Crippen LogP contribution in [-0.4, -0.2) is 65.4 Å². The maximum Gasteiger partial charge on any atom is 0.253 e. The summed E-state index contributed by atoms with van der Waals surface area (Å²) in [6.07, 6.45) is 2.39. The summed E-state index contributed by atoms with van der Waals surface area (Å²) in [6.45, 7) is 4.15. The lowest BCUT2D eigenvalue weighted by molar-refractivity contribution is -0.129. The summed E-state index contributed by atoms with van der Waals surface area (Å²) < 4.78 is 5.24. The number of carbonyl (C=O) groups is 2. The highest BCUT2D eigenvalue weighted by Gasteiger charge is 2.29. The van der Waals surface area contributed by atoms with Crippen molar-refractivity contribution in [1.29, 1.82) is 0 Å². The molecule has 1 N–H and O–H groups in total. The van der Waals surface area contributed by atoms with E-state index in [1.54, 1.807) is 20.1 Å². The van der Waals surface area contributed by atoms with E-state index in [-0.39, 0.29) is 17.7 Å². The van der Waals surface area contributed by atoms with Crippen LogP contribution in [0.4, 0.5) is 5.82 Å². The first-order valence-electron chi connectivity index (χ1n) is 10.8. The smallest absolute Gasteiger partial charge is 0.253 e. The minimum Gasteiger partial charge on any atom is -0.497 e. The number of ether oxygens (including phenoxy) is 1. The largest absolute Gasteiger partial charge is 0.497 e. The Hall–Kier alpha value is -3.16. The van der Waals surface area contributed by atoms with Gasteiger partial charge >= 0.3 is 0 Å². The molecule has 4 rings (SSSR count). The fraction of sp³-hybridized carbons (Fsp3) is 0.478. The second kappa shape index (κ2) is 8.91. The van der Waals surface area contributed by atoms with E-state index in [1.807, 2.05) is 35.0 Å². The molecule has 2 aliphatic rings. The number of hydrogen-bond donors (Lipinski definition) is 1. The standard InChI is InChI=1S/C23H29N5O3/c1-15(29)28-12-9-19-20(14-28)25-21(26-22(19)24-2)16-7-10-27(11-8-16)23(30)17-5-4-6-18(13-17)31-3/h4-6,13,16H,7-12,14H2,1-3H3,(H,24,25,26). The van der Waals surface area contributed by atoms with Crippen LogP contribution in [0, 0.1) is 0 Å². The van der Waals surface area contributed by atoms with Gasteiger partial charge in [0.2, 0.25) is 5.91 Å². The number of amides is 2. The highest BCUT2D eigenvalue weighted by atomic mass is 16.5. The number of hydrogen-bond acceptors (Lipinski definition) is 6. The summed E-state index contributed by atoms with van der Waals surface area (Å²) in [7, 11) is 3.47. The molecule has 1 aromatic carbocycles. The third kappa shape index (κ3) is 4.33. The number of rotatable bonds is 4. The van der Waals surface area contributed by atoms with Crippen LogP contribution in [-0.2, 0) is 17.8 Å². The van der Waals surface area contributed by atoms with Crippen molar-refractivity contribution in [2.75, 3.05) is 39.1 Å². The van der Waals surface area contributed by atoms with E-state index < -0.39 is 0 Å². The minimum absolute atomic E-state index is 0.0247. The van der Waals surface area contributed by atoms with Crippen molar-refractivity contribution in [2.45, 2.75) is 38.6 Å². The van der Waals surface area contributed by atoms with E-state index >= 15 is 0 Å². The van der Waals surface area contributed by atoms with Crippen molar-refractivity contribution in [3.8, 4) is 5.75 Å². The van der Waals surface area contributed by atoms with Crippen molar-refractivity contribution in [3.63, 3.8) is 0 Å². The van der Waals surface area contributed by atoms with Crippen molar-refractivity contribution in [2.24, 2.45) is 0 Å².